The number of sulfonamides is 1. The van der Waals surface area contributed by atoms with Crippen LogP contribution in [0.4, 0.5) is 10.3 Å². The molecule has 0 fully saturated rings. The van der Waals surface area contributed by atoms with Crippen LogP contribution in [0.1, 0.15) is 90.3 Å². The standard InChI is InChI=1S/C28H46FN3O2PS/c1-8-11-18-35(19-12-9-2,20-13-10-3)21-25-26(22(4)5)30-28(32(6)36(7,33)34)31-27(25)23-14-16-24(29)17-15-23/h14-17,22H,8-13,18-21H2,1-7H3/q+1. The molecule has 5 nitrogen and oxygen atoms in total. The minimum atomic E-state index is -3.53. The van der Waals surface area contributed by atoms with E-state index in [0.717, 1.165) is 39.2 Å². The third-order valence-electron chi connectivity index (χ3n) is 6.92. The summed E-state index contributed by atoms with van der Waals surface area (Å²) in [6.07, 6.45) is 13.1. The summed E-state index contributed by atoms with van der Waals surface area (Å²) in [6.45, 7) is 11.0. The Labute approximate surface area is 219 Å². The Morgan fingerprint density at radius 3 is 1.83 bits per heavy atom. The Bertz CT molecular complexity index is 1050. The first-order valence-corrected chi connectivity index (χ1v) is 17.8. The molecule has 0 N–H and O–H groups in total. The monoisotopic (exact) mass is 538 g/mol. The average molecular weight is 539 g/mol. The van der Waals surface area contributed by atoms with Crippen LogP contribution in [0.5, 0.6) is 0 Å². The highest BCUT2D eigenvalue weighted by molar-refractivity contribution is 7.92. The number of benzene rings is 1. The van der Waals surface area contributed by atoms with Gasteiger partial charge in [0.25, 0.3) is 0 Å². The van der Waals surface area contributed by atoms with Gasteiger partial charge in [-0.1, -0.05) is 53.9 Å². The van der Waals surface area contributed by atoms with Gasteiger partial charge in [-0.3, -0.25) is 0 Å². The largest absolute Gasteiger partial charge is 0.241 e. The molecule has 0 saturated heterocycles. The lowest BCUT2D eigenvalue weighted by Gasteiger charge is -2.30. The summed E-state index contributed by atoms with van der Waals surface area (Å²) in [5.41, 5.74) is 3.58. The van der Waals surface area contributed by atoms with Crippen molar-refractivity contribution in [3.63, 3.8) is 0 Å². The molecule has 0 aliphatic carbocycles. The van der Waals surface area contributed by atoms with Gasteiger partial charge < -0.3 is 0 Å². The third-order valence-corrected chi connectivity index (χ3v) is 12.9. The van der Waals surface area contributed by atoms with Crippen LogP contribution < -0.4 is 4.31 Å². The van der Waals surface area contributed by atoms with E-state index >= 15 is 0 Å². The summed E-state index contributed by atoms with van der Waals surface area (Å²) in [6, 6.07) is 6.40. The van der Waals surface area contributed by atoms with Gasteiger partial charge in [0.15, 0.2) is 0 Å². The number of halogens is 1. The summed E-state index contributed by atoms with van der Waals surface area (Å²) in [5.74, 6) is -0.0363. The summed E-state index contributed by atoms with van der Waals surface area (Å²) in [4.78, 5) is 9.68. The molecule has 1 aromatic heterocycles. The predicted octanol–water partition coefficient (Wildman–Crippen LogP) is 7.72. The van der Waals surface area contributed by atoms with Crippen LogP contribution in [0.3, 0.4) is 0 Å². The predicted molar refractivity (Wildman–Crippen MR) is 155 cm³/mol. The molecule has 0 bridgehead atoms. The van der Waals surface area contributed by atoms with Crippen molar-refractivity contribution in [2.24, 2.45) is 0 Å². The molecule has 0 unspecified atom stereocenters. The smallest absolute Gasteiger partial charge is 0.239 e. The van der Waals surface area contributed by atoms with E-state index < -0.39 is 17.3 Å². The van der Waals surface area contributed by atoms with E-state index in [4.69, 9.17) is 9.97 Å². The van der Waals surface area contributed by atoms with Crippen molar-refractivity contribution in [2.45, 2.75) is 85.2 Å². The maximum atomic E-state index is 13.8. The van der Waals surface area contributed by atoms with Gasteiger partial charge in [0.05, 0.1) is 42.3 Å². The molecule has 0 aliphatic heterocycles. The fourth-order valence-electron chi connectivity index (χ4n) is 4.65. The molecular weight excluding hydrogens is 492 g/mol. The van der Waals surface area contributed by atoms with Gasteiger partial charge in [-0.2, -0.15) is 0 Å². The fourth-order valence-corrected chi connectivity index (χ4v) is 10.1. The number of unbranched alkanes of at least 4 members (excludes halogenated alkanes) is 3. The fraction of sp³-hybridized carbons (Fsp3) is 0.643. The van der Waals surface area contributed by atoms with E-state index in [1.807, 2.05) is 0 Å². The maximum Gasteiger partial charge on any atom is 0.239 e. The lowest BCUT2D eigenvalue weighted by atomic mass is 9.99. The third kappa shape index (κ3) is 8.21. The van der Waals surface area contributed by atoms with Gasteiger partial charge in [0.2, 0.25) is 16.0 Å². The van der Waals surface area contributed by atoms with E-state index in [1.165, 1.54) is 76.2 Å². The normalized spacial score (nSPS) is 12.4. The van der Waals surface area contributed by atoms with Gasteiger partial charge in [-0.05, 0) is 49.4 Å². The Morgan fingerprint density at radius 1 is 0.917 bits per heavy atom. The number of anilines is 1. The highest BCUT2D eigenvalue weighted by Gasteiger charge is 2.38. The number of hydrogen-bond donors (Lipinski definition) is 0. The van der Waals surface area contributed by atoms with Gasteiger partial charge >= 0.3 is 0 Å². The molecule has 1 heterocycles. The quantitative estimate of drug-likeness (QED) is 0.218. The molecule has 0 radical (unpaired) electrons. The molecule has 0 saturated carbocycles. The van der Waals surface area contributed by atoms with Crippen molar-refractivity contribution in [1.82, 2.24) is 9.97 Å². The Hall–Kier alpha value is -1.59. The molecular formula is C28H46FN3O2PS+. The highest BCUT2D eigenvalue weighted by atomic mass is 32.2. The van der Waals surface area contributed by atoms with Crippen molar-refractivity contribution < 1.29 is 12.8 Å². The lowest BCUT2D eigenvalue weighted by Crippen LogP contribution is -2.28. The molecule has 0 atom stereocenters. The highest BCUT2D eigenvalue weighted by Crippen LogP contribution is 2.64. The van der Waals surface area contributed by atoms with Crippen LogP contribution in [-0.4, -0.2) is 50.2 Å². The first-order chi connectivity index (χ1) is 17.0. The van der Waals surface area contributed by atoms with Gasteiger partial charge in [0, 0.05) is 25.4 Å². The van der Waals surface area contributed by atoms with Gasteiger partial charge in [-0.15, -0.1) is 0 Å². The van der Waals surface area contributed by atoms with Crippen molar-refractivity contribution >= 4 is 23.2 Å². The molecule has 1 aromatic carbocycles. The van der Waals surface area contributed by atoms with Crippen molar-refractivity contribution in [2.75, 3.05) is 36.1 Å². The van der Waals surface area contributed by atoms with E-state index in [-0.39, 0.29) is 17.7 Å². The first-order valence-electron chi connectivity index (χ1n) is 13.4. The lowest BCUT2D eigenvalue weighted by molar-refractivity contribution is 0.599. The van der Waals surface area contributed by atoms with Crippen molar-refractivity contribution in [3.05, 3.63) is 41.3 Å². The molecule has 8 heteroatoms. The molecule has 202 valence electrons. The van der Waals surface area contributed by atoms with Crippen LogP contribution in [0, 0.1) is 5.82 Å². The van der Waals surface area contributed by atoms with Crippen LogP contribution in [0.25, 0.3) is 11.3 Å². The van der Waals surface area contributed by atoms with Crippen molar-refractivity contribution in [3.8, 4) is 11.3 Å². The summed E-state index contributed by atoms with van der Waals surface area (Å²) >= 11 is 0. The number of rotatable bonds is 15. The van der Waals surface area contributed by atoms with Crippen LogP contribution in [0.2, 0.25) is 0 Å². The second kappa shape index (κ2) is 13.8. The summed E-state index contributed by atoms with van der Waals surface area (Å²) in [7, 11) is -3.39. The second-order valence-electron chi connectivity index (χ2n) is 10.4. The van der Waals surface area contributed by atoms with Crippen molar-refractivity contribution in [1.29, 1.82) is 0 Å². The first kappa shape index (κ1) is 30.6. The Balaban J connectivity index is 2.82. The summed E-state index contributed by atoms with van der Waals surface area (Å²) < 4.78 is 39.7. The van der Waals surface area contributed by atoms with Gasteiger partial charge in [-0.25, -0.2) is 27.1 Å². The van der Waals surface area contributed by atoms with Crippen LogP contribution >= 0.6 is 7.26 Å². The zero-order valence-corrected chi connectivity index (χ0v) is 25.1. The van der Waals surface area contributed by atoms with E-state index in [9.17, 15) is 12.8 Å². The minimum Gasteiger partial charge on any atom is -0.241 e. The Morgan fingerprint density at radius 2 is 1.42 bits per heavy atom. The van der Waals surface area contributed by atoms with Gasteiger partial charge in [0.1, 0.15) is 5.82 Å². The number of nitrogens with zero attached hydrogens (tertiary/aromatic N) is 3. The summed E-state index contributed by atoms with van der Waals surface area (Å²) in [5, 5.41) is 0. The number of hydrogen-bond acceptors (Lipinski definition) is 4. The zero-order valence-electron chi connectivity index (χ0n) is 23.3. The van der Waals surface area contributed by atoms with E-state index in [0.29, 0.717) is 0 Å². The molecule has 2 aromatic rings. The molecule has 2 rings (SSSR count). The second-order valence-corrected chi connectivity index (χ2v) is 16.7. The number of aromatic nitrogens is 2. The molecule has 36 heavy (non-hydrogen) atoms. The average Bonchev–Trinajstić information content (AvgIpc) is 2.84. The molecule has 0 amide bonds. The SMILES string of the molecule is CCCC[P+](CCCC)(CCCC)Cc1c(-c2ccc(F)cc2)nc(N(C)S(C)(=O)=O)nc1C(C)C. The van der Waals surface area contributed by atoms with Crippen LogP contribution in [-0.2, 0) is 16.2 Å². The molecule has 0 spiro atoms. The minimum absolute atomic E-state index is 0.0966. The van der Waals surface area contributed by atoms with Crippen LogP contribution in [0.15, 0.2) is 24.3 Å². The molecule has 0 aliphatic rings. The zero-order chi connectivity index (χ0) is 26.9. The van der Waals surface area contributed by atoms with E-state index in [1.54, 1.807) is 12.1 Å². The Kier molecular flexibility index (Phi) is 11.8. The van der Waals surface area contributed by atoms with E-state index in [2.05, 4.69) is 34.6 Å². The topological polar surface area (TPSA) is 63.2 Å². The maximum absolute atomic E-state index is 13.8.